The van der Waals surface area contributed by atoms with Crippen LogP contribution in [0.3, 0.4) is 0 Å². The zero-order valence-corrected chi connectivity index (χ0v) is 14.2. The van der Waals surface area contributed by atoms with Gasteiger partial charge in [-0.2, -0.15) is 0 Å². The van der Waals surface area contributed by atoms with Crippen LogP contribution in [0.2, 0.25) is 0 Å². The van der Waals surface area contributed by atoms with Crippen LogP contribution in [0.5, 0.6) is 0 Å². The molecule has 0 spiro atoms. The first-order valence-corrected chi connectivity index (χ1v) is 7.81. The van der Waals surface area contributed by atoms with Gasteiger partial charge in [-0.05, 0) is 11.5 Å². The molecule has 0 saturated carbocycles. The van der Waals surface area contributed by atoms with Gasteiger partial charge in [-0.25, -0.2) is 0 Å². The van der Waals surface area contributed by atoms with E-state index in [-0.39, 0.29) is 5.41 Å². The fourth-order valence-electron chi connectivity index (χ4n) is 2.72. The van der Waals surface area contributed by atoms with Gasteiger partial charge in [-0.3, -0.25) is 0 Å². The standard InChI is InChI=1S/C18H31NO2/c1-15(2)13-19(11-12-21-5)14-18(3,4)17(20)16-9-7-6-8-10-16/h6-10,15,17,20H,11-14H2,1-5H3. The van der Waals surface area contributed by atoms with Crippen molar-refractivity contribution in [2.45, 2.75) is 33.8 Å². The van der Waals surface area contributed by atoms with E-state index in [2.05, 4.69) is 32.6 Å². The zero-order valence-electron chi connectivity index (χ0n) is 14.2. The molecular formula is C18H31NO2. The molecular weight excluding hydrogens is 262 g/mol. The van der Waals surface area contributed by atoms with Gasteiger partial charge in [0.05, 0.1) is 12.7 Å². The Labute approximate surface area is 129 Å². The van der Waals surface area contributed by atoms with Gasteiger partial charge in [0.25, 0.3) is 0 Å². The number of nitrogens with zero attached hydrogens (tertiary/aromatic N) is 1. The maximum Gasteiger partial charge on any atom is 0.0853 e. The monoisotopic (exact) mass is 293 g/mol. The molecule has 0 heterocycles. The molecule has 0 bridgehead atoms. The Bertz CT molecular complexity index is 389. The molecule has 0 aromatic heterocycles. The fourth-order valence-corrected chi connectivity index (χ4v) is 2.72. The third kappa shape index (κ3) is 6.16. The Kier molecular flexibility index (Phi) is 7.36. The Morgan fingerprint density at radius 1 is 1.19 bits per heavy atom. The molecule has 1 N–H and O–H groups in total. The van der Waals surface area contributed by atoms with Gasteiger partial charge >= 0.3 is 0 Å². The molecule has 1 unspecified atom stereocenters. The number of methoxy groups -OCH3 is 1. The first kappa shape index (κ1) is 18.1. The molecule has 21 heavy (non-hydrogen) atoms. The van der Waals surface area contributed by atoms with Crippen LogP contribution in [-0.2, 0) is 4.74 Å². The van der Waals surface area contributed by atoms with Crippen molar-refractivity contribution in [3.63, 3.8) is 0 Å². The lowest BCUT2D eigenvalue weighted by atomic mass is 9.82. The summed E-state index contributed by atoms with van der Waals surface area (Å²) < 4.78 is 5.21. The van der Waals surface area contributed by atoms with Crippen LogP contribution >= 0.6 is 0 Å². The second kappa shape index (κ2) is 8.52. The fraction of sp³-hybridized carbons (Fsp3) is 0.667. The summed E-state index contributed by atoms with van der Waals surface area (Å²) in [7, 11) is 1.73. The molecule has 1 atom stereocenters. The van der Waals surface area contributed by atoms with Crippen molar-refractivity contribution in [3.05, 3.63) is 35.9 Å². The van der Waals surface area contributed by atoms with Crippen molar-refractivity contribution in [1.82, 2.24) is 4.90 Å². The van der Waals surface area contributed by atoms with Crippen LogP contribution in [0.25, 0.3) is 0 Å². The summed E-state index contributed by atoms with van der Waals surface area (Å²) in [5.41, 5.74) is 0.781. The highest BCUT2D eigenvalue weighted by molar-refractivity contribution is 5.19. The van der Waals surface area contributed by atoms with Crippen LogP contribution in [0.4, 0.5) is 0 Å². The number of hydrogen-bond acceptors (Lipinski definition) is 3. The summed E-state index contributed by atoms with van der Waals surface area (Å²) in [4.78, 5) is 2.39. The predicted octanol–water partition coefficient (Wildman–Crippen LogP) is 3.35. The highest BCUT2D eigenvalue weighted by atomic mass is 16.5. The Morgan fingerprint density at radius 3 is 2.33 bits per heavy atom. The van der Waals surface area contributed by atoms with Crippen molar-refractivity contribution in [1.29, 1.82) is 0 Å². The van der Waals surface area contributed by atoms with Crippen LogP contribution in [0.15, 0.2) is 30.3 Å². The first-order valence-electron chi connectivity index (χ1n) is 7.81. The molecule has 0 amide bonds. The summed E-state index contributed by atoms with van der Waals surface area (Å²) in [6.45, 7) is 12.2. The SMILES string of the molecule is COCCN(CC(C)C)CC(C)(C)C(O)c1ccccc1. The number of aliphatic hydroxyl groups excluding tert-OH is 1. The van der Waals surface area contributed by atoms with Crippen molar-refractivity contribution < 1.29 is 9.84 Å². The molecule has 0 fully saturated rings. The molecule has 0 saturated heterocycles. The second-order valence-corrected chi connectivity index (χ2v) is 6.92. The van der Waals surface area contributed by atoms with E-state index in [1.54, 1.807) is 7.11 Å². The van der Waals surface area contributed by atoms with E-state index >= 15 is 0 Å². The Morgan fingerprint density at radius 2 is 1.81 bits per heavy atom. The van der Waals surface area contributed by atoms with Gasteiger partial charge in [-0.1, -0.05) is 58.0 Å². The van der Waals surface area contributed by atoms with E-state index in [0.29, 0.717) is 5.92 Å². The highest BCUT2D eigenvalue weighted by Gasteiger charge is 2.31. The van der Waals surface area contributed by atoms with Crippen molar-refractivity contribution >= 4 is 0 Å². The van der Waals surface area contributed by atoms with Crippen LogP contribution < -0.4 is 0 Å². The van der Waals surface area contributed by atoms with Crippen LogP contribution in [0.1, 0.15) is 39.4 Å². The van der Waals surface area contributed by atoms with Crippen molar-refractivity contribution in [2.24, 2.45) is 11.3 Å². The van der Waals surface area contributed by atoms with E-state index in [4.69, 9.17) is 4.74 Å². The van der Waals surface area contributed by atoms with E-state index in [1.807, 2.05) is 30.3 Å². The van der Waals surface area contributed by atoms with E-state index in [0.717, 1.165) is 31.8 Å². The summed E-state index contributed by atoms with van der Waals surface area (Å²) in [5, 5.41) is 10.7. The number of aliphatic hydroxyl groups is 1. The smallest absolute Gasteiger partial charge is 0.0853 e. The zero-order chi connectivity index (χ0) is 15.9. The molecule has 3 nitrogen and oxygen atoms in total. The average Bonchev–Trinajstić information content (AvgIpc) is 2.44. The molecule has 0 aliphatic carbocycles. The normalized spacial score (nSPS) is 13.9. The number of benzene rings is 1. The maximum absolute atomic E-state index is 10.7. The van der Waals surface area contributed by atoms with Gasteiger partial charge < -0.3 is 14.7 Å². The van der Waals surface area contributed by atoms with E-state index < -0.39 is 6.10 Å². The lowest BCUT2D eigenvalue weighted by Gasteiger charge is -2.37. The van der Waals surface area contributed by atoms with E-state index in [9.17, 15) is 5.11 Å². The third-order valence-corrected chi connectivity index (χ3v) is 3.72. The lowest BCUT2D eigenvalue weighted by molar-refractivity contribution is 0.0117. The van der Waals surface area contributed by atoms with E-state index in [1.165, 1.54) is 0 Å². The Balaban J connectivity index is 2.74. The molecule has 1 aromatic rings. The number of ether oxygens (including phenoxy) is 1. The minimum atomic E-state index is -0.462. The summed E-state index contributed by atoms with van der Waals surface area (Å²) >= 11 is 0. The summed E-state index contributed by atoms with van der Waals surface area (Å²) in [6, 6.07) is 9.92. The molecule has 0 aliphatic rings. The molecule has 0 radical (unpaired) electrons. The molecule has 3 heteroatoms. The van der Waals surface area contributed by atoms with Crippen LogP contribution in [0, 0.1) is 11.3 Å². The number of rotatable bonds is 9. The lowest BCUT2D eigenvalue weighted by Crippen LogP contribution is -2.41. The Hall–Kier alpha value is -0.900. The van der Waals surface area contributed by atoms with Gasteiger partial charge in [-0.15, -0.1) is 0 Å². The molecule has 1 aromatic carbocycles. The molecule has 120 valence electrons. The summed E-state index contributed by atoms with van der Waals surface area (Å²) in [5.74, 6) is 0.603. The molecule has 1 rings (SSSR count). The van der Waals surface area contributed by atoms with Gasteiger partial charge in [0.1, 0.15) is 0 Å². The van der Waals surface area contributed by atoms with Crippen LogP contribution in [-0.4, -0.2) is 43.4 Å². The van der Waals surface area contributed by atoms with Gasteiger partial charge in [0.2, 0.25) is 0 Å². The number of hydrogen-bond donors (Lipinski definition) is 1. The highest BCUT2D eigenvalue weighted by Crippen LogP contribution is 2.34. The largest absolute Gasteiger partial charge is 0.388 e. The minimum absolute atomic E-state index is 0.204. The maximum atomic E-state index is 10.7. The minimum Gasteiger partial charge on any atom is -0.388 e. The predicted molar refractivity (Wildman–Crippen MR) is 88.3 cm³/mol. The van der Waals surface area contributed by atoms with Gasteiger partial charge in [0, 0.05) is 32.2 Å². The summed E-state index contributed by atoms with van der Waals surface area (Å²) in [6.07, 6.45) is -0.462. The first-order chi connectivity index (χ1) is 9.86. The van der Waals surface area contributed by atoms with Crippen molar-refractivity contribution in [2.75, 3.05) is 33.4 Å². The average molecular weight is 293 g/mol. The quantitative estimate of drug-likeness (QED) is 0.758. The molecule has 0 aliphatic heterocycles. The van der Waals surface area contributed by atoms with Gasteiger partial charge in [0.15, 0.2) is 0 Å². The third-order valence-electron chi connectivity index (χ3n) is 3.72. The topological polar surface area (TPSA) is 32.7 Å². The second-order valence-electron chi connectivity index (χ2n) is 6.92. The van der Waals surface area contributed by atoms with Crippen molar-refractivity contribution in [3.8, 4) is 0 Å².